The predicted octanol–water partition coefficient (Wildman–Crippen LogP) is 2.12. The second-order valence-corrected chi connectivity index (χ2v) is 8.31. The van der Waals surface area contributed by atoms with Crippen LogP contribution in [0.2, 0.25) is 0 Å². The maximum atomic E-state index is 11.6. The molecule has 1 aliphatic rings. The van der Waals surface area contributed by atoms with Crippen LogP contribution in [0.25, 0.3) is 0 Å². The average Bonchev–Trinajstić information content (AvgIpc) is 2.62. The van der Waals surface area contributed by atoms with E-state index in [0.717, 1.165) is 15.8 Å². The molecule has 1 saturated heterocycles. The van der Waals surface area contributed by atoms with Gasteiger partial charge < -0.3 is 10.1 Å². The van der Waals surface area contributed by atoms with Crippen molar-refractivity contribution in [1.29, 1.82) is 0 Å². The Morgan fingerprint density at radius 3 is 2.79 bits per heavy atom. The van der Waals surface area contributed by atoms with Gasteiger partial charge in [-0.1, -0.05) is 15.9 Å². The monoisotopic (exact) mass is 347 g/mol. The van der Waals surface area contributed by atoms with Gasteiger partial charge in [-0.3, -0.25) is 0 Å². The number of halogens is 1. The van der Waals surface area contributed by atoms with Gasteiger partial charge in [-0.25, -0.2) is 8.42 Å². The quantitative estimate of drug-likeness (QED) is 0.906. The molecule has 106 valence electrons. The molecule has 1 N–H and O–H groups in total. The average molecular weight is 348 g/mol. The molecular weight excluding hydrogens is 330 g/mol. The van der Waals surface area contributed by atoms with E-state index in [0.29, 0.717) is 13.0 Å². The highest BCUT2D eigenvalue weighted by Crippen LogP contribution is 2.26. The first-order chi connectivity index (χ1) is 8.84. The number of rotatable bonds is 4. The van der Waals surface area contributed by atoms with Crippen LogP contribution in [-0.4, -0.2) is 32.6 Å². The largest absolute Gasteiger partial charge is 0.496 e. The maximum absolute atomic E-state index is 11.6. The summed E-state index contributed by atoms with van der Waals surface area (Å²) in [5.74, 6) is 1.28. The van der Waals surface area contributed by atoms with E-state index in [2.05, 4.69) is 21.2 Å². The normalized spacial score (nSPS) is 25.4. The molecule has 0 amide bonds. The van der Waals surface area contributed by atoms with Crippen LogP contribution in [0, 0.1) is 0 Å². The predicted molar refractivity (Wildman–Crippen MR) is 79.2 cm³/mol. The Kier molecular flexibility index (Phi) is 4.23. The second-order valence-electron chi connectivity index (χ2n) is 5.21. The van der Waals surface area contributed by atoms with E-state index in [1.165, 1.54) is 0 Å². The summed E-state index contributed by atoms with van der Waals surface area (Å²) in [5.41, 5.74) is 0.675. The lowest BCUT2D eigenvalue weighted by atomic mass is 10.0. The minimum absolute atomic E-state index is 0.205. The topological polar surface area (TPSA) is 55.4 Å². The van der Waals surface area contributed by atoms with Crippen LogP contribution < -0.4 is 10.1 Å². The third-order valence-electron chi connectivity index (χ3n) is 3.45. The zero-order valence-corrected chi connectivity index (χ0v) is 13.5. The van der Waals surface area contributed by atoms with Gasteiger partial charge in [0, 0.05) is 22.1 Å². The summed E-state index contributed by atoms with van der Waals surface area (Å²) < 4.78 is 29.4. The first-order valence-electron chi connectivity index (χ1n) is 6.11. The Bertz CT molecular complexity index is 573. The maximum Gasteiger partial charge on any atom is 0.152 e. The van der Waals surface area contributed by atoms with E-state index in [9.17, 15) is 8.42 Å². The molecule has 1 aromatic rings. The standard InChI is InChI=1S/C13H18BrNO3S/c1-13(5-6-19(16,17)9-13)15-8-10-7-11(14)3-4-12(10)18-2/h3-4,7,15H,5-6,8-9H2,1-2H3. The molecule has 0 aliphatic carbocycles. The van der Waals surface area contributed by atoms with Crippen LogP contribution in [0.4, 0.5) is 0 Å². The summed E-state index contributed by atoms with van der Waals surface area (Å²) in [6.07, 6.45) is 0.658. The van der Waals surface area contributed by atoms with E-state index in [1.54, 1.807) is 7.11 Å². The van der Waals surface area contributed by atoms with Crippen molar-refractivity contribution in [2.24, 2.45) is 0 Å². The molecule has 1 heterocycles. The second kappa shape index (κ2) is 5.42. The molecular formula is C13H18BrNO3S. The van der Waals surface area contributed by atoms with Gasteiger partial charge in [0.15, 0.2) is 9.84 Å². The van der Waals surface area contributed by atoms with E-state index in [-0.39, 0.29) is 17.0 Å². The molecule has 1 atom stereocenters. The van der Waals surface area contributed by atoms with Crippen molar-refractivity contribution in [3.63, 3.8) is 0 Å². The van der Waals surface area contributed by atoms with Gasteiger partial charge in [0.1, 0.15) is 5.75 Å². The van der Waals surface area contributed by atoms with Gasteiger partial charge >= 0.3 is 0 Å². The number of sulfone groups is 1. The van der Waals surface area contributed by atoms with Crippen LogP contribution in [0.15, 0.2) is 22.7 Å². The smallest absolute Gasteiger partial charge is 0.152 e. The summed E-state index contributed by atoms with van der Waals surface area (Å²) in [6, 6.07) is 5.80. The zero-order valence-electron chi connectivity index (χ0n) is 11.1. The van der Waals surface area contributed by atoms with E-state index in [4.69, 9.17) is 4.74 Å². The van der Waals surface area contributed by atoms with Gasteiger partial charge in [-0.15, -0.1) is 0 Å². The van der Waals surface area contributed by atoms with Crippen molar-refractivity contribution in [2.45, 2.75) is 25.4 Å². The van der Waals surface area contributed by atoms with Gasteiger partial charge in [0.05, 0.1) is 18.6 Å². The van der Waals surface area contributed by atoms with Crippen molar-refractivity contribution in [1.82, 2.24) is 5.32 Å². The molecule has 0 spiro atoms. The highest BCUT2D eigenvalue weighted by Gasteiger charge is 2.37. The molecule has 1 aromatic carbocycles. The molecule has 4 nitrogen and oxygen atoms in total. The third kappa shape index (κ3) is 3.70. The molecule has 1 aliphatic heterocycles. The number of benzene rings is 1. The summed E-state index contributed by atoms with van der Waals surface area (Å²) in [4.78, 5) is 0. The summed E-state index contributed by atoms with van der Waals surface area (Å²) in [7, 11) is -1.25. The van der Waals surface area contributed by atoms with Crippen LogP contribution in [0.1, 0.15) is 18.9 Å². The molecule has 0 bridgehead atoms. The Hall–Kier alpha value is -0.590. The van der Waals surface area contributed by atoms with Crippen molar-refractivity contribution in [2.75, 3.05) is 18.6 Å². The lowest BCUT2D eigenvalue weighted by Crippen LogP contribution is -2.42. The van der Waals surface area contributed by atoms with Gasteiger partial charge in [0.2, 0.25) is 0 Å². The Morgan fingerprint density at radius 2 is 2.21 bits per heavy atom. The molecule has 0 saturated carbocycles. The first-order valence-corrected chi connectivity index (χ1v) is 8.73. The minimum atomic E-state index is -2.89. The third-order valence-corrected chi connectivity index (χ3v) is 5.85. The first kappa shape index (κ1) is 14.8. The Labute approximate surface area is 122 Å². The molecule has 0 aromatic heterocycles. The number of ether oxygens (including phenoxy) is 1. The molecule has 0 radical (unpaired) electrons. The lowest BCUT2D eigenvalue weighted by Gasteiger charge is -2.24. The zero-order chi connectivity index (χ0) is 14.1. The van der Waals surface area contributed by atoms with Crippen molar-refractivity contribution in [3.05, 3.63) is 28.2 Å². The molecule has 6 heteroatoms. The Balaban J connectivity index is 2.09. The molecule has 19 heavy (non-hydrogen) atoms. The lowest BCUT2D eigenvalue weighted by molar-refractivity contribution is 0.378. The number of nitrogens with one attached hydrogen (secondary N) is 1. The fraction of sp³-hybridized carbons (Fsp3) is 0.538. The van der Waals surface area contributed by atoms with Gasteiger partial charge in [-0.2, -0.15) is 0 Å². The van der Waals surface area contributed by atoms with E-state index >= 15 is 0 Å². The minimum Gasteiger partial charge on any atom is -0.496 e. The SMILES string of the molecule is COc1ccc(Br)cc1CNC1(C)CCS(=O)(=O)C1. The number of hydrogen-bond donors (Lipinski definition) is 1. The summed E-state index contributed by atoms with van der Waals surface area (Å²) in [6.45, 7) is 2.55. The number of hydrogen-bond acceptors (Lipinski definition) is 4. The van der Waals surface area contributed by atoms with Crippen LogP contribution in [-0.2, 0) is 16.4 Å². The Morgan fingerprint density at radius 1 is 1.47 bits per heavy atom. The fourth-order valence-corrected chi connectivity index (χ4v) is 4.88. The van der Waals surface area contributed by atoms with E-state index in [1.807, 2.05) is 25.1 Å². The van der Waals surface area contributed by atoms with Gasteiger partial charge in [-0.05, 0) is 31.5 Å². The van der Waals surface area contributed by atoms with E-state index < -0.39 is 9.84 Å². The van der Waals surface area contributed by atoms with Crippen LogP contribution in [0.3, 0.4) is 0 Å². The summed E-state index contributed by atoms with van der Waals surface area (Å²) >= 11 is 3.43. The summed E-state index contributed by atoms with van der Waals surface area (Å²) in [5, 5.41) is 3.35. The van der Waals surface area contributed by atoms with Crippen molar-refractivity contribution in [3.8, 4) is 5.75 Å². The molecule has 1 fully saturated rings. The van der Waals surface area contributed by atoms with Gasteiger partial charge in [0.25, 0.3) is 0 Å². The molecule has 1 unspecified atom stereocenters. The van der Waals surface area contributed by atoms with Crippen molar-refractivity contribution < 1.29 is 13.2 Å². The highest BCUT2D eigenvalue weighted by atomic mass is 79.9. The van der Waals surface area contributed by atoms with Crippen LogP contribution >= 0.6 is 15.9 Å². The number of methoxy groups -OCH3 is 1. The molecule has 2 rings (SSSR count). The fourth-order valence-electron chi connectivity index (χ4n) is 2.34. The highest BCUT2D eigenvalue weighted by molar-refractivity contribution is 9.10. The van der Waals surface area contributed by atoms with Crippen LogP contribution in [0.5, 0.6) is 5.75 Å². The van der Waals surface area contributed by atoms with Crippen molar-refractivity contribution >= 4 is 25.8 Å².